The lowest BCUT2D eigenvalue weighted by molar-refractivity contribution is -0.141. The summed E-state index contributed by atoms with van der Waals surface area (Å²) in [7, 11) is 0. The van der Waals surface area contributed by atoms with E-state index in [2.05, 4.69) is 5.32 Å². The molecule has 2 amide bonds. The van der Waals surface area contributed by atoms with Crippen molar-refractivity contribution in [3.05, 3.63) is 0 Å². The van der Waals surface area contributed by atoms with Crippen LogP contribution in [-0.2, 0) is 4.79 Å². The van der Waals surface area contributed by atoms with Crippen molar-refractivity contribution in [1.29, 1.82) is 0 Å². The molecule has 0 spiro atoms. The molecule has 2 aliphatic heterocycles. The molecule has 3 atom stereocenters. The molecule has 108 valence electrons. The molecule has 0 aromatic carbocycles. The van der Waals surface area contributed by atoms with Crippen LogP contribution in [-0.4, -0.2) is 63.4 Å². The van der Waals surface area contributed by atoms with E-state index in [1.165, 1.54) is 17.7 Å². The van der Waals surface area contributed by atoms with Crippen LogP contribution in [0.1, 0.15) is 25.7 Å². The summed E-state index contributed by atoms with van der Waals surface area (Å²) in [6.45, 7) is 0.670. The summed E-state index contributed by atoms with van der Waals surface area (Å²) in [4.78, 5) is 24.2. The van der Waals surface area contributed by atoms with Gasteiger partial charge in [0.05, 0.1) is 6.10 Å². The van der Waals surface area contributed by atoms with Gasteiger partial charge in [0.25, 0.3) is 0 Å². The number of carboxylic acids is 1. The molecular weight excluding hydrogens is 268 g/mol. The Hall–Kier alpha value is -0.950. The van der Waals surface area contributed by atoms with Crippen LogP contribution in [0.25, 0.3) is 0 Å². The fraction of sp³-hybridized carbons (Fsp3) is 0.833. The molecule has 0 bridgehead atoms. The second-order valence-electron chi connectivity index (χ2n) is 5.07. The number of nitrogens with zero attached hydrogens (tertiary/aromatic N) is 1. The highest BCUT2D eigenvalue weighted by atomic mass is 32.2. The third-order valence-electron chi connectivity index (χ3n) is 3.58. The minimum absolute atomic E-state index is 0.0978. The fourth-order valence-corrected chi connectivity index (χ4v) is 3.78. The van der Waals surface area contributed by atoms with Gasteiger partial charge in [0.15, 0.2) is 0 Å². The minimum atomic E-state index is -1.06. The van der Waals surface area contributed by atoms with E-state index in [-0.39, 0.29) is 19.0 Å². The number of carbonyl (C=O) groups is 2. The first-order valence-corrected chi connectivity index (χ1v) is 7.69. The van der Waals surface area contributed by atoms with E-state index in [9.17, 15) is 14.7 Å². The van der Waals surface area contributed by atoms with Gasteiger partial charge >= 0.3 is 12.0 Å². The van der Waals surface area contributed by atoms with Crippen molar-refractivity contribution in [1.82, 2.24) is 10.2 Å². The van der Waals surface area contributed by atoms with E-state index in [4.69, 9.17) is 5.11 Å². The summed E-state index contributed by atoms with van der Waals surface area (Å²) in [5, 5.41) is 21.7. The summed E-state index contributed by atoms with van der Waals surface area (Å²) in [6, 6.07) is -1.29. The number of rotatable bonds is 3. The largest absolute Gasteiger partial charge is 0.480 e. The molecule has 2 fully saturated rings. The molecule has 2 rings (SSSR count). The SMILES string of the molecule is O=C(O)[C@@H]1C[C@@H](O)CN1C(=O)NCC1CCCCS1. The van der Waals surface area contributed by atoms with Crippen molar-refractivity contribution < 1.29 is 19.8 Å². The third-order valence-corrected chi connectivity index (χ3v) is 4.98. The van der Waals surface area contributed by atoms with E-state index in [0.717, 1.165) is 12.2 Å². The standard InChI is InChI=1S/C12H20N2O4S/c15-8-5-10(11(16)17)14(7-8)12(18)13-6-9-3-1-2-4-19-9/h8-10,15H,1-7H2,(H,13,18)(H,16,17)/t8-,9?,10+/m1/s1. The Balaban J connectivity index is 1.82. The van der Waals surface area contributed by atoms with Crippen molar-refractivity contribution in [2.75, 3.05) is 18.8 Å². The number of thioether (sulfide) groups is 1. The number of urea groups is 1. The van der Waals surface area contributed by atoms with Crippen LogP contribution in [0.5, 0.6) is 0 Å². The van der Waals surface area contributed by atoms with Gasteiger partial charge in [0, 0.05) is 24.8 Å². The van der Waals surface area contributed by atoms with Crippen LogP contribution >= 0.6 is 11.8 Å². The molecule has 0 aromatic rings. The van der Waals surface area contributed by atoms with Gasteiger partial charge in [-0.15, -0.1) is 0 Å². The summed E-state index contributed by atoms with van der Waals surface area (Å²) < 4.78 is 0. The van der Waals surface area contributed by atoms with Gasteiger partial charge in [0.1, 0.15) is 6.04 Å². The minimum Gasteiger partial charge on any atom is -0.480 e. The Kier molecular flexibility index (Phi) is 4.93. The second-order valence-corrected chi connectivity index (χ2v) is 6.48. The number of aliphatic hydroxyl groups excluding tert-OH is 1. The molecule has 0 aliphatic carbocycles. The zero-order valence-electron chi connectivity index (χ0n) is 10.7. The van der Waals surface area contributed by atoms with Crippen molar-refractivity contribution in [2.24, 2.45) is 0 Å². The predicted molar refractivity (Wildman–Crippen MR) is 72.2 cm³/mol. The van der Waals surface area contributed by atoms with Crippen molar-refractivity contribution in [3.8, 4) is 0 Å². The summed E-state index contributed by atoms with van der Waals surface area (Å²) in [5.74, 6) is 0.0690. The van der Waals surface area contributed by atoms with Crippen molar-refractivity contribution in [3.63, 3.8) is 0 Å². The number of likely N-dealkylation sites (tertiary alicyclic amines) is 1. The molecule has 0 aromatic heterocycles. The molecule has 2 heterocycles. The smallest absolute Gasteiger partial charge is 0.326 e. The number of hydrogen-bond donors (Lipinski definition) is 3. The van der Waals surface area contributed by atoms with Crippen LogP contribution in [0.4, 0.5) is 4.79 Å². The molecule has 6 nitrogen and oxygen atoms in total. The first-order valence-electron chi connectivity index (χ1n) is 6.65. The number of aliphatic carboxylic acids is 1. The van der Waals surface area contributed by atoms with E-state index in [0.29, 0.717) is 11.8 Å². The summed E-state index contributed by atoms with van der Waals surface area (Å²) in [5.41, 5.74) is 0. The molecule has 0 radical (unpaired) electrons. The van der Waals surface area contributed by atoms with Gasteiger partial charge in [-0.2, -0.15) is 11.8 Å². The predicted octanol–water partition coefficient (Wildman–Crippen LogP) is 0.502. The quantitative estimate of drug-likeness (QED) is 0.703. The topological polar surface area (TPSA) is 89.9 Å². The third kappa shape index (κ3) is 3.76. The van der Waals surface area contributed by atoms with Crippen LogP contribution in [0, 0.1) is 0 Å². The first-order chi connectivity index (χ1) is 9.08. The molecule has 7 heteroatoms. The number of carboxylic acid groups (broad SMARTS) is 1. The number of β-amino-alcohol motifs (C(OH)–C–C–N with tert-alkyl or cyclic N) is 1. The van der Waals surface area contributed by atoms with Gasteiger partial charge < -0.3 is 20.4 Å². The Labute approximate surface area is 116 Å². The Morgan fingerprint density at radius 2 is 2.16 bits per heavy atom. The summed E-state index contributed by atoms with van der Waals surface area (Å²) in [6.07, 6.45) is 2.88. The Morgan fingerprint density at radius 3 is 2.79 bits per heavy atom. The normalized spacial score (nSPS) is 31.2. The lowest BCUT2D eigenvalue weighted by Crippen LogP contribution is -2.47. The molecule has 19 heavy (non-hydrogen) atoms. The molecule has 2 saturated heterocycles. The monoisotopic (exact) mass is 288 g/mol. The maximum Gasteiger partial charge on any atom is 0.326 e. The number of nitrogens with one attached hydrogen (secondary N) is 1. The Morgan fingerprint density at radius 1 is 1.37 bits per heavy atom. The molecular formula is C12H20N2O4S. The first kappa shape index (κ1) is 14.5. The number of carbonyl (C=O) groups excluding carboxylic acids is 1. The molecule has 3 N–H and O–H groups in total. The fourth-order valence-electron chi connectivity index (χ4n) is 2.54. The molecule has 1 unspecified atom stereocenters. The van der Waals surface area contributed by atoms with Crippen molar-refractivity contribution in [2.45, 2.75) is 43.1 Å². The van der Waals surface area contributed by atoms with Crippen LogP contribution < -0.4 is 5.32 Å². The van der Waals surface area contributed by atoms with Gasteiger partial charge in [0.2, 0.25) is 0 Å². The number of amides is 2. The van der Waals surface area contributed by atoms with E-state index >= 15 is 0 Å². The van der Waals surface area contributed by atoms with Gasteiger partial charge in [-0.1, -0.05) is 6.42 Å². The van der Waals surface area contributed by atoms with Crippen molar-refractivity contribution >= 4 is 23.8 Å². The summed E-state index contributed by atoms with van der Waals surface area (Å²) >= 11 is 1.86. The maximum absolute atomic E-state index is 12.0. The lowest BCUT2D eigenvalue weighted by atomic mass is 10.2. The molecule has 0 saturated carbocycles. The average molecular weight is 288 g/mol. The lowest BCUT2D eigenvalue weighted by Gasteiger charge is -2.25. The van der Waals surface area contributed by atoms with E-state index < -0.39 is 18.1 Å². The molecule has 2 aliphatic rings. The Bertz CT molecular complexity index is 347. The van der Waals surface area contributed by atoms with Crippen LogP contribution in [0.2, 0.25) is 0 Å². The highest BCUT2D eigenvalue weighted by molar-refractivity contribution is 7.99. The van der Waals surface area contributed by atoms with E-state index in [1.807, 2.05) is 11.8 Å². The highest BCUT2D eigenvalue weighted by Crippen LogP contribution is 2.24. The highest BCUT2D eigenvalue weighted by Gasteiger charge is 2.39. The van der Waals surface area contributed by atoms with E-state index in [1.54, 1.807) is 0 Å². The van der Waals surface area contributed by atoms with Gasteiger partial charge in [-0.05, 0) is 18.6 Å². The number of aliphatic hydroxyl groups is 1. The van der Waals surface area contributed by atoms with Gasteiger partial charge in [-0.25, -0.2) is 9.59 Å². The van der Waals surface area contributed by atoms with Gasteiger partial charge in [-0.3, -0.25) is 0 Å². The number of hydrogen-bond acceptors (Lipinski definition) is 4. The maximum atomic E-state index is 12.0. The second kappa shape index (κ2) is 6.47. The van der Waals surface area contributed by atoms with Crippen LogP contribution in [0.3, 0.4) is 0 Å². The zero-order valence-corrected chi connectivity index (χ0v) is 11.6. The van der Waals surface area contributed by atoms with Crippen LogP contribution in [0.15, 0.2) is 0 Å². The zero-order chi connectivity index (χ0) is 13.8. The average Bonchev–Trinajstić information content (AvgIpc) is 2.79.